The first-order valence-electron chi connectivity index (χ1n) is 8.99. The van der Waals surface area contributed by atoms with Crippen molar-refractivity contribution in [3.8, 4) is 11.7 Å². The summed E-state index contributed by atoms with van der Waals surface area (Å²) in [5.74, 6) is -1.59. The van der Waals surface area contributed by atoms with Crippen LogP contribution in [0.3, 0.4) is 0 Å². The number of halogens is 5. The standard InChI is InChI=1S/C20H15Cl2F3N4O3/c1-10-6-12(21)7-13(11(2)30)17(10)27-19(31)15-8-16(32-9-20(23,24)25)28-29(15)18-14(22)4-3-5-26-18/h3-8H,9H2,1-2H3,(H,27,31). The van der Waals surface area contributed by atoms with Crippen molar-refractivity contribution in [3.63, 3.8) is 0 Å². The number of ketones is 1. The van der Waals surface area contributed by atoms with E-state index in [1.165, 1.54) is 31.3 Å². The fourth-order valence-corrected chi connectivity index (χ4v) is 3.28. The van der Waals surface area contributed by atoms with E-state index >= 15 is 0 Å². The van der Waals surface area contributed by atoms with Gasteiger partial charge in [-0.1, -0.05) is 23.2 Å². The Morgan fingerprint density at radius 2 is 1.94 bits per heavy atom. The maximum absolute atomic E-state index is 13.1. The molecule has 2 heterocycles. The number of hydrogen-bond donors (Lipinski definition) is 1. The Hall–Kier alpha value is -3.11. The molecule has 3 rings (SSSR count). The van der Waals surface area contributed by atoms with E-state index in [9.17, 15) is 22.8 Å². The average Bonchev–Trinajstić information content (AvgIpc) is 3.12. The van der Waals surface area contributed by atoms with E-state index < -0.39 is 24.6 Å². The maximum Gasteiger partial charge on any atom is 0.422 e. The highest BCUT2D eigenvalue weighted by Crippen LogP contribution is 2.28. The number of hydrogen-bond acceptors (Lipinski definition) is 5. The van der Waals surface area contributed by atoms with Gasteiger partial charge in [0.2, 0.25) is 5.88 Å². The van der Waals surface area contributed by atoms with Crippen molar-refractivity contribution < 1.29 is 27.5 Å². The fraction of sp³-hybridized carbons (Fsp3) is 0.200. The maximum atomic E-state index is 13.1. The molecule has 7 nitrogen and oxygen atoms in total. The Morgan fingerprint density at radius 3 is 2.56 bits per heavy atom. The van der Waals surface area contributed by atoms with Gasteiger partial charge in [0.25, 0.3) is 5.91 Å². The highest BCUT2D eigenvalue weighted by Gasteiger charge is 2.30. The van der Waals surface area contributed by atoms with Crippen LogP contribution in [0.2, 0.25) is 10.0 Å². The number of rotatable bonds is 6. The first-order chi connectivity index (χ1) is 15.0. The molecule has 0 atom stereocenters. The summed E-state index contributed by atoms with van der Waals surface area (Å²) in [6.45, 7) is 1.34. The molecule has 0 saturated heterocycles. The summed E-state index contributed by atoms with van der Waals surface area (Å²) in [7, 11) is 0. The summed E-state index contributed by atoms with van der Waals surface area (Å²) < 4.78 is 43.3. The molecule has 0 aliphatic heterocycles. The van der Waals surface area contributed by atoms with Gasteiger partial charge in [-0.25, -0.2) is 9.67 Å². The van der Waals surface area contributed by atoms with E-state index in [1.807, 2.05) is 0 Å². The normalized spacial score (nSPS) is 11.3. The van der Waals surface area contributed by atoms with E-state index in [-0.39, 0.29) is 33.6 Å². The molecule has 0 unspecified atom stereocenters. The lowest BCUT2D eigenvalue weighted by Gasteiger charge is -2.14. The quantitative estimate of drug-likeness (QED) is 0.479. The number of amides is 1. The average molecular weight is 487 g/mol. The minimum absolute atomic E-state index is 0.000736. The van der Waals surface area contributed by atoms with E-state index in [0.29, 0.717) is 10.6 Å². The molecule has 0 saturated carbocycles. The minimum Gasteiger partial charge on any atom is -0.467 e. The second kappa shape index (κ2) is 9.17. The van der Waals surface area contributed by atoms with Crippen LogP contribution in [0.25, 0.3) is 5.82 Å². The zero-order chi connectivity index (χ0) is 23.6. The Balaban J connectivity index is 2.05. The van der Waals surface area contributed by atoms with Crippen LogP contribution in [0.1, 0.15) is 33.3 Å². The Morgan fingerprint density at radius 1 is 1.22 bits per heavy atom. The smallest absolute Gasteiger partial charge is 0.422 e. The summed E-state index contributed by atoms with van der Waals surface area (Å²) >= 11 is 12.1. The second-order valence-corrected chi connectivity index (χ2v) is 7.49. The molecule has 1 aromatic carbocycles. The number of alkyl halides is 3. The van der Waals surface area contributed by atoms with Gasteiger partial charge in [0.1, 0.15) is 5.69 Å². The third kappa shape index (κ3) is 5.38. The van der Waals surface area contributed by atoms with Gasteiger partial charge in [0, 0.05) is 22.8 Å². The van der Waals surface area contributed by atoms with Gasteiger partial charge in [-0.2, -0.15) is 13.2 Å². The number of benzene rings is 1. The fourth-order valence-electron chi connectivity index (χ4n) is 2.81. The second-order valence-electron chi connectivity index (χ2n) is 6.65. The number of ether oxygens (including phenoxy) is 1. The molecule has 0 spiro atoms. The van der Waals surface area contributed by atoms with Crippen LogP contribution in [0.15, 0.2) is 36.5 Å². The van der Waals surface area contributed by atoms with Crippen molar-refractivity contribution >= 4 is 40.6 Å². The minimum atomic E-state index is -4.61. The van der Waals surface area contributed by atoms with Crippen LogP contribution in [-0.2, 0) is 0 Å². The zero-order valence-corrected chi connectivity index (χ0v) is 18.1. The monoisotopic (exact) mass is 486 g/mol. The predicted molar refractivity (Wildman–Crippen MR) is 112 cm³/mol. The summed E-state index contributed by atoms with van der Waals surface area (Å²) in [5, 5.41) is 6.89. The molecule has 3 aromatic rings. The first kappa shape index (κ1) is 23.6. The van der Waals surface area contributed by atoms with Gasteiger partial charge in [0.05, 0.1) is 10.7 Å². The molecular formula is C20H15Cl2F3N4O3. The van der Waals surface area contributed by atoms with Crippen molar-refractivity contribution in [3.05, 3.63) is 63.4 Å². The largest absolute Gasteiger partial charge is 0.467 e. The number of Topliss-reactive ketones (excluding diaryl/α,β-unsaturated/α-hetero) is 1. The number of aryl methyl sites for hydroxylation is 1. The van der Waals surface area contributed by atoms with Crippen LogP contribution in [0.4, 0.5) is 18.9 Å². The Labute approximate surface area is 190 Å². The number of anilines is 1. The van der Waals surface area contributed by atoms with Crippen molar-refractivity contribution in [2.75, 3.05) is 11.9 Å². The van der Waals surface area contributed by atoms with E-state index in [0.717, 1.165) is 10.7 Å². The van der Waals surface area contributed by atoms with Crippen molar-refractivity contribution in [1.82, 2.24) is 14.8 Å². The van der Waals surface area contributed by atoms with Gasteiger partial charge in [0.15, 0.2) is 18.2 Å². The molecule has 0 radical (unpaired) electrons. The Kier molecular flexibility index (Phi) is 6.75. The third-order valence-electron chi connectivity index (χ3n) is 4.16. The van der Waals surface area contributed by atoms with Crippen molar-refractivity contribution in [2.24, 2.45) is 0 Å². The van der Waals surface area contributed by atoms with E-state index in [4.69, 9.17) is 23.2 Å². The lowest BCUT2D eigenvalue weighted by Crippen LogP contribution is -2.20. The molecular weight excluding hydrogens is 472 g/mol. The van der Waals surface area contributed by atoms with E-state index in [2.05, 4.69) is 20.1 Å². The molecule has 0 aliphatic rings. The number of carbonyl (C=O) groups excluding carboxylic acids is 2. The van der Waals surface area contributed by atoms with Crippen LogP contribution in [0, 0.1) is 6.92 Å². The molecule has 12 heteroatoms. The van der Waals surface area contributed by atoms with Crippen molar-refractivity contribution in [1.29, 1.82) is 0 Å². The van der Waals surface area contributed by atoms with Gasteiger partial charge in [-0.05, 0) is 43.7 Å². The topological polar surface area (TPSA) is 86.1 Å². The van der Waals surface area contributed by atoms with Crippen LogP contribution in [0.5, 0.6) is 5.88 Å². The lowest BCUT2D eigenvalue weighted by atomic mass is 10.0. The number of carbonyl (C=O) groups is 2. The molecule has 32 heavy (non-hydrogen) atoms. The van der Waals surface area contributed by atoms with Gasteiger partial charge in [-0.15, -0.1) is 5.10 Å². The molecule has 1 amide bonds. The lowest BCUT2D eigenvalue weighted by molar-refractivity contribution is -0.154. The molecule has 0 bridgehead atoms. The zero-order valence-electron chi connectivity index (χ0n) is 16.6. The summed E-state index contributed by atoms with van der Waals surface area (Å²) in [6.07, 6.45) is -3.23. The van der Waals surface area contributed by atoms with Crippen LogP contribution in [-0.4, -0.2) is 39.2 Å². The molecule has 0 aliphatic carbocycles. The summed E-state index contributed by atoms with van der Waals surface area (Å²) in [6, 6.07) is 6.98. The highest BCUT2D eigenvalue weighted by molar-refractivity contribution is 6.32. The first-order valence-corrected chi connectivity index (χ1v) is 9.75. The van der Waals surface area contributed by atoms with Gasteiger partial charge < -0.3 is 10.1 Å². The highest BCUT2D eigenvalue weighted by atomic mass is 35.5. The summed E-state index contributed by atoms with van der Waals surface area (Å²) in [5.41, 5.74) is 0.654. The summed E-state index contributed by atoms with van der Waals surface area (Å²) in [4.78, 5) is 29.1. The number of nitrogens with zero attached hydrogens (tertiary/aromatic N) is 3. The molecule has 0 fully saturated rings. The van der Waals surface area contributed by atoms with Crippen molar-refractivity contribution in [2.45, 2.75) is 20.0 Å². The Bertz CT molecular complexity index is 1200. The number of nitrogens with one attached hydrogen (secondary N) is 1. The van der Waals surface area contributed by atoms with E-state index in [1.54, 1.807) is 13.0 Å². The van der Waals surface area contributed by atoms with Gasteiger partial charge in [-0.3, -0.25) is 9.59 Å². The molecule has 168 valence electrons. The molecule has 1 N–H and O–H groups in total. The van der Waals surface area contributed by atoms with Crippen LogP contribution >= 0.6 is 23.2 Å². The van der Waals surface area contributed by atoms with Gasteiger partial charge >= 0.3 is 6.18 Å². The molecule has 2 aromatic heterocycles. The number of aromatic nitrogens is 3. The third-order valence-corrected chi connectivity index (χ3v) is 4.67. The predicted octanol–water partition coefficient (Wildman–Crippen LogP) is 5.28. The van der Waals surface area contributed by atoms with Crippen LogP contribution < -0.4 is 10.1 Å². The SMILES string of the molecule is CC(=O)c1cc(Cl)cc(C)c1NC(=O)c1cc(OCC(F)(F)F)nn1-c1ncccc1Cl. The number of pyridine rings is 1.